The highest BCUT2D eigenvalue weighted by molar-refractivity contribution is 6.06. The van der Waals surface area contributed by atoms with E-state index in [4.69, 9.17) is 0 Å². The van der Waals surface area contributed by atoms with Crippen molar-refractivity contribution in [2.45, 2.75) is 25.8 Å². The molecular formula is C20H20F2N4O2. The molecule has 0 bridgehead atoms. The monoisotopic (exact) mass is 386 g/mol. The number of hydrogen-bond donors (Lipinski definition) is 1. The molecule has 3 aromatic rings. The zero-order valence-electron chi connectivity index (χ0n) is 15.1. The van der Waals surface area contributed by atoms with Gasteiger partial charge in [-0.25, -0.2) is 13.8 Å². The van der Waals surface area contributed by atoms with Crippen LogP contribution in [0.1, 0.15) is 35.3 Å². The first-order valence-electron chi connectivity index (χ1n) is 9.23. The Hall–Kier alpha value is -3.03. The van der Waals surface area contributed by atoms with E-state index in [0.717, 1.165) is 29.8 Å². The number of hydrogen-bond acceptors (Lipinski definition) is 3. The Labute approximate surface area is 159 Å². The van der Waals surface area contributed by atoms with Gasteiger partial charge in [-0.2, -0.15) is 0 Å². The van der Waals surface area contributed by atoms with Crippen LogP contribution in [-0.2, 0) is 6.54 Å². The van der Waals surface area contributed by atoms with Crippen molar-refractivity contribution in [1.82, 2.24) is 19.4 Å². The second-order valence-electron chi connectivity index (χ2n) is 7.09. The SMILES string of the molecule is O=C(c1cccc2[nH]ccc12)N1CCC(Cn2cnc(C(F)F)cc2=O)CC1. The lowest BCUT2D eigenvalue weighted by Crippen LogP contribution is -2.40. The van der Waals surface area contributed by atoms with E-state index in [1.54, 1.807) is 0 Å². The van der Waals surface area contributed by atoms with Gasteiger partial charge in [0, 0.05) is 48.4 Å². The molecule has 1 fully saturated rings. The van der Waals surface area contributed by atoms with Crippen LogP contribution in [0.25, 0.3) is 10.9 Å². The van der Waals surface area contributed by atoms with Gasteiger partial charge in [0.05, 0.1) is 6.33 Å². The maximum absolute atomic E-state index is 12.9. The minimum absolute atomic E-state index is 0.00349. The van der Waals surface area contributed by atoms with Gasteiger partial charge in [-0.1, -0.05) is 6.07 Å². The Morgan fingerprint density at radius 3 is 2.75 bits per heavy atom. The summed E-state index contributed by atoms with van der Waals surface area (Å²) in [7, 11) is 0. The lowest BCUT2D eigenvalue weighted by Gasteiger charge is -2.32. The molecule has 1 aliphatic heterocycles. The van der Waals surface area contributed by atoms with Gasteiger partial charge in [0.1, 0.15) is 5.69 Å². The number of aromatic nitrogens is 3. The zero-order chi connectivity index (χ0) is 19.7. The second-order valence-corrected chi connectivity index (χ2v) is 7.09. The van der Waals surface area contributed by atoms with E-state index in [1.807, 2.05) is 35.4 Å². The molecule has 0 spiro atoms. The van der Waals surface area contributed by atoms with Crippen molar-refractivity contribution in [1.29, 1.82) is 0 Å². The molecular weight excluding hydrogens is 366 g/mol. The third-order valence-electron chi connectivity index (χ3n) is 5.31. The third-order valence-corrected chi connectivity index (χ3v) is 5.31. The minimum Gasteiger partial charge on any atom is -0.361 e. The van der Waals surface area contributed by atoms with Gasteiger partial charge < -0.3 is 9.88 Å². The molecule has 1 aromatic carbocycles. The Morgan fingerprint density at radius 2 is 2.04 bits per heavy atom. The van der Waals surface area contributed by atoms with Crippen LogP contribution < -0.4 is 5.56 Å². The summed E-state index contributed by atoms with van der Waals surface area (Å²) in [5, 5.41) is 0.909. The molecule has 6 nitrogen and oxygen atoms in total. The molecule has 0 unspecified atom stereocenters. The van der Waals surface area contributed by atoms with Crippen molar-refractivity contribution < 1.29 is 13.6 Å². The summed E-state index contributed by atoms with van der Waals surface area (Å²) < 4.78 is 26.6. The normalized spacial score (nSPS) is 15.5. The van der Waals surface area contributed by atoms with E-state index in [2.05, 4.69) is 9.97 Å². The smallest absolute Gasteiger partial charge is 0.280 e. The lowest BCUT2D eigenvalue weighted by atomic mass is 9.96. The molecule has 8 heteroatoms. The van der Waals surface area contributed by atoms with E-state index in [1.165, 1.54) is 10.9 Å². The number of carbonyl (C=O) groups is 1. The van der Waals surface area contributed by atoms with Gasteiger partial charge >= 0.3 is 0 Å². The Balaban J connectivity index is 1.40. The van der Waals surface area contributed by atoms with E-state index < -0.39 is 17.7 Å². The molecule has 1 aliphatic rings. The van der Waals surface area contributed by atoms with Crippen LogP contribution in [0.2, 0.25) is 0 Å². The van der Waals surface area contributed by atoms with E-state index in [-0.39, 0.29) is 11.8 Å². The Bertz CT molecular complexity index is 1050. The van der Waals surface area contributed by atoms with Gasteiger partial charge in [-0.05, 0) is 37.0 Å². The summed E-state index contributed by atoms with van der Waals surface area (Å²) in [4.78, 5) is 33.5. The van der Waals surface area contributed by atoms with Gasteiger partial charge in [0.15, 0.2) is 0 Å². The number of benzene rings is 1. The zero-order valence-corrected chi connectivity index (χ0v) is 15.1. The molecule has 4 rings (SSSR count). The van der Waals surface area contributed by atoms with Gasteiger partial charge in [0.25, 0.3) is 17.9 Å². The van der Waals surface area contributed by atoms with Crippen LogP contribution in [0.15, 0.2) is 47.7 Å². The molecule has 146 valence electrons. The molecule has 1 N–H and O–H groups in total. The van der Waals surface area contributed by atoms with Gasteiger partial charge in [-0.15, -0.1) is 0 Å². The van der Waals surface area contributed by atoms with Gasteiger partial charge in [-0.3, -0.25) is 14.2 Å². The third kappa shape index (κ3) is 3.54. The summed E-state index contributed by atoms with van der Waals surface area (Å²) in [6.45, 7) is 1.62. The fourth-order valence-corrected chi connectivity index (χ4v) is 3.74. The number of aromatic amines is 1. The number of nitrogens with zero attached hydrogens (tertiary/aromatic N) is 3. The van der Waals surface area contributed by atoms with Crippen molar-refractivity contribution in [2.75, 3.05) is 13.1 Å². The number of alkyl halides is 2. The van der Waals surface area contributed by atoms with Crippen molar-refractivity contribution in [3.05, 3.63) is 64.5 Å². The quantitative estimate of drug-likeness (QED) is 0.749. The molecule has 28 heavy (non-hydrogen) atoms. The maximum atomic E-state index is 12.9. The largest absolute Gasteiger partial charge is 0.361 e. The summed E-state index contributed by atoms with van der Waals surface area (Å²) in [6, 6.07) is 8.42. The first-order valence-corrected chi connectivity index (χ1v) is 9.23. The lowest BCUT2D eigenvalue weighted by molar-refractivity contribution is 0.0684. The molecule has 0 aliphatic carbocycles. The van der Waals surface area contributed by atoms with E-state index in [0.29, 0.717) is 25.2 Å². The van der Waals surface area contributed by atoms with Crippen molar-refractivity contribution in [3.63, 3.8) is 0 Å². The molecule has 1 saturated heterocycles. The summed E-state index contributed by atoms with van der Waals surface area (Å²) in [5.41, 5.74) is 0.642. The first-order chi connectivity index (χ1) is 13.5. The number of amides is 1. The molecule has 0 radical (unpaired) electrons. The number of rotatable bonds is 4. The Kier molecular flexibility index (Phi) is 4.93. The highest BCUT2D eigenvalue weighted by atomic mass is 19.3. The van der Waals surface area contributed by atoms with Crippen LogP contribution in [0.4, 0.5) is 8.78 Å². The number of piperidine rings is 1. The average molecular weight is 386 g/mol. The predicted molar refractivity (Wildman–Crippen MR) is 100 cm³/mol. The molecule has 3 heterocycles. The van der Waals surface area contributed by atoms with Crippen LogP contribution in [-0.4, -0.2) is 38.4 Å². The molecule has 2 aromatic heterocycles. The van der Waals surface area contributed by atoms with E-state index >= 15 is 0 Å². The number of nitrogens with one attached hydrogen (secondary N) is 1. The van der Waals surface area contributed by atoms with Crippen LogP contribution in [0, 0.1) is 5.92 Å². The average Bonchev–Trinajstić information content (AvgIpc) is 3.18. The highest BCUT2D eigenvalue weighted by Crippen LogP contribution is 2.24. The molecule has 0 atom stereocenters. The molecule has 0 saturated carbocycles. The van der Waals surface area contributed by atoms with E-state index in [9.17, 15) is 18.4 Å². The molecule has 1 amide bonds. The minimum atomic E-state index is -2.75. The topological polar surface area (TPSA) is 71.0 Å². The number of carbonyl (C=O) groups excluding carboxylic acids is 1. The summed E-state index contributed by atoms with van der Waals surface area (Å²) >= 11 is 0. The van der Waals surface area contributed by atoms with Crippen molar-refractivity contribution in [2.24, 2.45) is 5.92 Å². The van der Waals surface area contributed by atoms with Crippen LogP contribution in [0.3, 0.4) is 0 Å². The fraction of sp³-hybridized carbons (Fsp3) is 0.350. The standard InChI is InChI=1S/C20H20F2N4O2/c21-19(22)17-10-18(27)26(12-24-17)11-13-5-8-25(9-6-13)20(28)15-2-1-3-16-14(15)4-7-23-16/h1-4,7,10,12-13,19,23H,5-6,8-9,11H2. The summed E-state index contributed by atoms with van der Waals surface area (Å²) in [6.07, 6.45) is 1.75. The summed E-state index contributed by atoms with van der Waals surface area (Å²) in [5.74, 6) is 0.202. The Morgan fingerprint density at radius 1 is 1.25 bits per heavy atom. The fourth-order valence-electron chi connectivity index (χ4n) is 3.74. The van der Waals surface area contributed by atoms with Crippen LogP contribution in [0.5, 0.6) is 0 Å². The predicted octanol–water partition coefficient (Wildman–Crippen LogP) is 3.21. The van der Waals surface area contributed by atoms with Crippen molar-refractivity contribution >= 4 is 16.8 Å². The number of H-pyrrole nitrogens is 1. The number of likely N-dealkylation sites (tertiary alicyclic amines) is 1. The van der Waals surface area contributed by atoms with Gasteiger partial charge in [0.2, 0.25) is 0 Å². The highest BCUT2D eigenvalue weighted by Gasteiger charge is 2.25. The number of halogens is 2. The number of fused-ring (bicyclic) bond motifs is 1. The first kappa shape index (κ1) is 18.3. The maximum Gasteiger partial charge on any atom is 0.280 e. The van der Waals surface area contributed by atoms with Crippen LogP contribution >= 0.6 is 0 Å². The second kappa shape index (κ2) is 7.53. The van der Waals surface area contributed by atoms with Crippen molar-refractivity contribution in [3.8, 4) is 0 Å².